The second-order valence-corrected chi connectivity index (χ2v) is 5.62. The molecule has 1 N–H and O–H groups in total. The first kappa shape index (κ1) is 13.7. The van der Waals surface area contributed by atoms with E-state index in [-0.39, 0.29) is 0 Å². The van der Waals surface area contributed by atoms with Crippen LogP contribution in [-0.2, 0) is 4.74 Å². The van der Waals surface area contributed by atoms with Gasteiger partial charge >= 0.3 is 0 Å². The molecule has 2 unspecified atom stereocenters. The Morgan fingerprint density at radius 3 is 3.06 bits per heavy atom. The topological polar surface area (TPSA) is 30.5 Å². The largest absolute Gasteiger partial charge is 0.496 e. The number of hydrogen-bond donors (Lipinski definition) is 1. The summed E-state index contributed by atoms with van der Waals surface area (Å²) in [5.41, 5.74) is 0. The minimum Gasteiger partial charge on any atom is -0.496 e. The summed E-state index contributed by atoms with van der Waals surface area (Å²) in [5, 5.41) is 4.00. The lowest BCUT2D eigenvalue weighted by molar-refractivity contribution is 0.0837. The van der Waals surface area contributed by atoms with Gasteiger partial charge in [-0.1, -0.05) is 19.1 Å². The molecule has 0 amide bonds. The molecule has 0 spiro atoms. The maximum absolute atomic E-state index is 5.60. The summed E-state index contributed by atoms with van der Waals surface area (Å²) in [6.45, 7) is 4.83. The lowest BCUT2D eigenvalue weighted by Crippen LogP contribution is -2.44. The predicted molar refractivity (Wildman–Crippen MR) is 75.5 cm³/mol. The van der Waals surface area contributed by atoms with E-state index in [1.165, 1.54) is 4.90 Å². The molecule has 1 fully saturated rings. The fourth-order valence-corrected chi connectivity index (χ4v) is 3.51. The maximum atomic E-state index is 5.60. The molecule has 2 rings (SSSR count). The summed E-state index contributed by atoms with van der Waals surface area (Å²) >= 11 is 1.85. The minimum absolute atomic E-state index is 0.454. The molecule has 18 heavy (non-hydrogen) atoms. The fourth-order valence-electron chi connectivity index (χ4n) is 2.20. The zero-order valence-electron chi connectivity index (χ0n) is 11.0. The van der Waals surface area contributed by atoms with Gasteiger partial charge in [0, 0.05) is 22.8 Å². The number of ether oxygens (including phenoxy) is 2. The number of nitrogens with one attached hydrogen (secondary N) is 1. The van der Waals surface area contributed by atoms with E-state index < -0.39 is 0 Å². The van der Waals surface area contributed by atoms with Gasteiger partial charge in [0.05, 0.1) is 13.7 Å². The second-order valence-electron chi connectivity index (χ2n) is 4.33. The summed E-state index contributed by atoms with van der Waals surface area (Å²) in [4.78, 5) is 1.19. The van der Waals surface area contributed by atoms with Gasteiger partial charge in [-0.25, -0.2) is 0 Å². The van der Waals surface area contributed by atoms with Crippen molar-refractivity contribution in [2.24, 2.45) is 0 Å². The number of rotatable bonds is 5. The maximum Gasteiger partial charge on any atom is 0.132 e. The molecule has 1 heterocycles. The minimum atomic E-state index is 0.454. The van der Waals surface area contributed by atoms with Crippen LogP contribution < -0.4 is 10.1 Å². The number of thioether (sulfide) groups is 1. The van der Waals surface area contributed by atoms with Crippen LogP contribution in [0.15, 0.2) is 29.2 Å². The van der Waals surface area contributed by atoms with Gasteiger partial charge < -0.3 is 14.8 Å². The summed E-state index contributed by atoms with van der Waals surface area (Å²) in [6.07, 6.45) is 1.08. The van der Waals surface area contributed by atoms with Gasteiger partial charge in [0.2, 0.25) is 0 Å². The predicted octanol–water partition coefficient (Wildman–Crippen LogP) is 2.55. The van der Waals surface area contributed by atoms with Crippen LogP contribution in [0.1, 0.15) is 13.3 Å². The van der Waals surface area contributed by atoms with Crippen LogP contribution in [0.4, 0.5) is 0 Å². The Hall–Kier alpha value is -0.710. The summed E-state index contributed by atoms with van der Waals surface area (Å²) < 4.78 is 11.0. The summed E-state index contributed by atoms with van der Waals surface area (Å²) in [7, 11) is 1.72. The highest BCUT2D eigenvalue weighted by molar-refractivity contribution is 8.00. The molecule has 100 valence electrons. The van der Waals surface area contributed by atoms with E-state index >= 15 is 0 Å². The normalized spacial score (nSPS) is 23.9. The van der Waals surface area contributed by atoms with Crippen molar-refractivity contribution in [1.29, 1.82) is 0 Å². The van der Waals surface area contributed by atoms with Crippen molar-refractivity contribution >= 4 is 11.8 Å². The SMILES string of the molecule is CCNC1CCOCC1Sc1ccccc1OC. The van der Waals surface area contributed by atoms with E-state index in [9.17, 15) is 0 Å². The first-order valence-corrected chi connectivity index (χ1v) is 7.34. The van der Waals surface area contributed by atoms with Crippen LogP contribution in [0.2, 0.25) is 0 Å². The molecule has 0 saturated carbocycles. The van der Waals surface area contributed by atoms with Crippen molar-refractivity contribution in [3.8, 4) is 5.75 Å². The van der Waals surface area contributed by atoms with Crippen molar-refractivity contribution in [1.82, 2.24) is 5.32 Å². The van der Waals surface area contributed by atoms with Crippen LogP contribution in [0.5, 0.6) is 5.75 Å². The second kappa shape index (κ2) is 7.02. The Balaban J connectivity index is 2.05. The number of benzene rings is 1. The van der Waals surface area contributed by atoms with Crippen molar-refractivity contribution < 1.29 is 9.47 Å². The van der Waals surface area contributed by atoms with Gasteiger partial charge in [0.15, 0.2) is 0 Å². The average Bonchev–Trinajstić information content (AvgIpc) is 2.42. The van der Waals surface area contributed by atoms with Gasteiger partial charge in [-0.05, 0) is 25.1 Å². The van der Waals surface area contributed by atoms with Crippen LogP contribution in [0.25, 0.3) is 0 Å². The van der Waals surface area contributed by atoms with Crippen molar-refractivity contribution in [2.75, 3.05) is 26.9 Å². The summed E-state index contributed by atoms with van der Waals surface area (Å²) in [5.74, 6) is 0.948. The van der Waals surface area contributed by atoms with Gasteiger partial charge in [0.1, 0.15) is 5.75 Å². The first-order valence-electron chi connectivity index (χ1n) is 6.46. The number of hydrogen-bond acceptors (Lipinski definition) is 4. The number of methoxy groups -OCH3 is 1. The van der Waals surface area contributed by atoms with Crippen LogP contribution in [0, 0.1) is 0 Å². The summed E-state index contributed by atoms with van der Waals surface area (Å²) in [6, 6.07) is 8.70. The highest BCUT2D eigenvalue weighted by atomic mass is 32.2. The van der Waals surface area contributed by atoms with E-state index in [0.29, 0.717) is 11.3 Å². The molecule has 0 aliphatic carbocycles. The van der Waals surface area contributed by atoms with Crippen LogP contribution in [-0.4, -0.2) is 38.2 Å². The molecule has 0 bridgehead atoms. The van der Waals surface area contributed by atoms with Gasteiger partial charge in [-0.15, -0.1) is 11.8 Å². The number of para-hydroxylation sites is 1. The van der Waals surface area contributed by atoms with E-state index in [0.717, 1.165) is 31.9 Å². The van der Waals surface area contributed by atoms with Gasteiger partial charge in [0.25, 0.3) is 0 Å². The first-order chi connectivity index (χ1) is 8.85. The molecule has 1 saturated heterocycles. The highest BCUT2D eigenvalue weighted by Crippen LogP contribution is 2.34. The van der Waals surface area contributed by atoms with Crippen molar-refractivity contribution in [3.63, 3.8) is 0 Å². The van der Waals surface area contributed by atoms with E-state index in [1.807, 2.05) is 23.9 Å². The third kappa shape index (κ3) is 3.40. The quantitative estimate of drug-likeness (QED) is 0.888. The third-order valence-electron chi connectivity index (χ3n) is 3.12. The Bertz CT molecular complexity index is 371. The van der Waals surface area contributed by atoms with E-state index in [2.05, 4.69) is 24.4 Å². The monoisotopic (exact) mass is 267 g/mol. The van der Waals surface area contributed by atoms with Crippen LogP contribution >= 0.6 is 11.8 Å². The molecule has 0 aromatic heterocycles. The zero-order chi connectivity index (χ0) is 12.8. The van der Waals surface area contributed by atoms with Crippen molar-refractivity contribution in [3.05, 3.63) is 24.3 Å². The molecule has 4 heteroatoms. The highest BCUT2D eigenvalue weighted by Gasteiger charge is 2.26. The van der Waals surface area contributed by atoms with Crippen LogP contribution in [0.3, 0.4) is 0 Å². The van der Waals surface area contributed by atoms with Gasteiger partial charge in [-0.3, -0.25) is 0 Å². The molecule has 0 radical (unpaired) electrons. The van der Waals surface area contributed by atoms with Crippen molar-refractivity contribution in [2.45, 2.75) is 29.5 Å². The molecule has 1 aliphatic rings. The average molecular weight is 267 g/mol. The molecule has 1 aromatic carbocycles. The molecule has 3 nitrogen and oxygen atoms in total. The zero-order valence-corrected chi connectivity index (χ0v) is 11.8. The van der Waals surface area contributed by atoms with E-state index in [4.69, 9.17) is 9.47 Å². The standard InChI is InChI=1S/C14H21NO2S/c1-3-15-11-8-9-17-10-14(11)18-13-7-5-4-6-12(13)16-2/h4-7,11,14-15H,3,8-10H2,1-2H3. The molecule has 2 atom stereocenters. The third-order valence-corrected chi connectivity index (χ3v) is 4.48. The molecular formula is C14H21NO2S. The molecule has 1 aromatic rings. The Kier molecular flexibility index (Phi) is 5.35. The lowest BCUT2D eigenvalue weighted by atomic mass is 10.1. The Morgan fingerprint density at radius 1 is 1.44 bits per heavy atom. The Morgan fingerprint density at radius 2 is 2.28 bits per heavy atom. The van der Waals surface area contributed by atoms with E-state index in [1.54, 1.807) is 7.11 Å². The molecule has 1 aliphatic heterocycles. The molecular weight excluding hydrogens is 246 g/mol. The van der Waals surface area contributed by atoms with Gasteiger partial charge in [-0.2, -0.15) is 0 Å². The Labute approximate surface area is 113 Å². The smallest absolute Gasteiger partial charge is 0.132 e. The fraction of sp³-hybridized carbons (Fsp3) is 0.571. The lowest BCUT2D eigenvalue weighted by Gasteiger charge is -2.31.